The molecule has 0 saturated heterocycles. The maximum absolute atomic E-state index is 5.95. The number of hydrogen-bond acceptors (Lipinski definition) is 2. The van der Waals surface area contributed by atoms with E-state index in [0.29, 0.717) is 12.6 Å². The molecule has 1 rings (SSSR count). The van der Waals surface area contributed by atoms with E-state index >= 15 is 0 Å². The summed E-state index contributed by atoms with van der Waals surface area (Å²) in [5, 5.41) is 0.766. The number of likely N-dealkylation sites (N-methyl/N-ethyl adjacent to an activating group) is 1. The van der Waals surface area contributed by atoms with Gasteiger partial charge in [0, 0.05) is 28.6 Å². The van der Waals surface area contributed by atoms with Crippen molar-refractivity contribution in [3.05, 3.63) is 33.3 Å². The molecule has 0 amide bonds. The Hall–Kier alpha value is -0.0900. The molecule has 2 nitrogen and oxygen atoms in total. The van der Waals surface area contributed by atoms with Crippen LogP contribution in [0, 0.1) is 0 Å². The second-order valence-corrected chi connectivity index (χ2v) is 5.03. The summed E-state index contributed by atoms with van der Waals surface area (Å²) >= 11 is 9.46. The highest BCUT2D eigenvalue weighted by atomic mass is 79.9. The third-order valence-corrected chi connectivity index (χ3v) is 3.53. The lowest BCUT2D eigenvalue weighted by atomic mass is 10.2. The molecule has 0 fully saturated rings. The highest BCUT2D eigenvalue weighted by molar-refractivity contribution is 9.10. The minimum atomic E-state index is 0.371. The van der Waals surface area contributed by atoms with Crippen LogP contribution in [-0.2, 0) is 6.54 Å². The van der Waals surface area contributed by atoms with Crippen LogP contribution in [0.4, 0.5) is 0 Å². The molecule has 1 unspecified atom stereocenters. The molecule has 0 heterocycles. The van der Waals surface area contributed by atoms with Gasteiger partial charge in [0.25, 0.3) is 0 Å². The van der Waals surface area contributed by atoms with Crippen molar-refractivity contribution >= 4 is 27.5 Å². The molecule has 1 atom stereocenters. The van der Waals surface area contributed by atoms with E-state index in [-0.39, 0.29) is 0 Å². The van der Waals surface area contributed by atoms with E-state index in [1.54, 1.807) is 0 Å². The number of nitrogens with two attached hydrogens (primary N) is 1. The first-order valence-electron chi connectivity index (χ1n) is 4.89. The van der Waals surface area contributed by atoms with Gasteiger partial charge < -0.3 is 5.73 Å². The molecule has 0 radical (unpaired) electrons. The summed E-state index contributed by atoms with van der Waals surface area (Å²) < 4.78 is 1.09. The average molecular weight is 292 g/mol. The van der Waals surface area contributed by atoms with Gasteiger partial charge in [-0.3, -0.25) is 4.90 Å². The zero-order valence-corrected chi connectivity index (χ0v) is 11.3. The van der Waals surface area contributed by atoms with Crippen LogP contribution in [0.3, 0.4) is 0 Å². The molecule has 1 aromatic rings. The number of rotatable bonds is 4. The second kappa shape index (κ2) is 5.85. The summed E-state index contributed by atoms with van der Waals surface area (Å²) in [5.74, 6) is 0. The van der Waals surface area contributed by atoms with Crippen LogP contribution in [0.2, 0.25) is 5.02 Å². The van der Waals surface area contributed by atoms with E-state index in [2.05, 4.69) is 34.8 Å². The largest absolute Gasteiger partial charge is 0.329 e. The molecule has 0 spiro atoms. The average Bonchev–Trinajstić information content (AvgIpc) is 2.22. The van der Waals surface area contributed by atoms with Crippen LogP contribution >= 0.6 is 27.5 Å². The van der Waals surface area contributed by atoms with Gasteiger partial charge in [-0.25, -0.2) is 0 Å². The lowest BCUT2D eigenvalue weighted by Gasteiger charge is -2.23. The molecule has 0 aliphatic rings. The SMILES string of the molecule is CC(CN)N(C)Cc1cc(Cl)ccc1Br. The third-order valence-electron chi connectivity index (χ3n) is 2.52. The first-order chi connectivity index (χ1) is 7.04. The van der Waals surface area contributed by atoms with Crippen molar-refractivity contribution in [1.29, 1.82) is 0 Å². The van der Waals surface area contributed by atoms with Gasteiger partial charge in [0.1, 0.15) is 0 Å². The van der Waals surface area contributed by atoms with E-state index in [0.717, 1.165) is 16.0 Å². The maximum atomic E-state index is 5.95. The quantitative estimate of drug-likeness (QED) is 0.924. The Bertz CT molecular complexity index is 330. The minimum absolute atomic E-state index is 0.371. The number of nitrogens with zero attached hydrogens (tertiary/aromatic N) is 1. The number of halogens is 2. The molecule has 15 heavy (non-hydrogen) atoms. The van der Waals surface area contributed by atoms with Gasteiger partial charge >= 0.3 is 0 Å². The van der Waals surface area contributed by atoms with E-state index in [1.807, 2.05) is 18.2 Å². The summed E-state index contributed by atoms with van der Waals surface area (Å²) in [6, 6.07) is 6.20. The zero-order valence-electron chi connectivity index (χ0n) is 9.00. The summed E-state index contributed by atoms with van der Waals surface area (Å²) in [7, 11) is 2.06. The number of hydrogen-bond donors (Lipinski definition) is 1. The van der Waals surface area contributed by atoms with Crippen LogP contribution in [0.15, 0.2) is 22.7 Å². The van der Waals surface area contributed by atoms with Crippen molar-refractivity contribution < 1.29 is 0 Å². The summed E-state index contributed by atoms with van der Waals surface area (Å²) in [5.41, 5.74) is 6.80. The molecule has 0 aromatic heterocycles. The highest BCUT2D eigenvalue weighted by Gasteiger charge is 2.09. The van der Waals surface area contributed by atoms with Crippen LogP contribution in [0.1, 0.15) is 12.5 Å². The molecule has 0 aliphatic carbocycles. The van der Waals surface area contributed by atoms with Crippen molar-refractivity contribution in [3.8, 4) is 0 Å². The van der Waals surface area contributed by atoms with Crippen molar-refractivity contribution in [1.82, 2.24) is 4.90 Å². The monoisotopic (exact) mass is 290 g/mol. The van der Waals surface area contributed by atoms with Gasteiger partial charge in [0.15, 0.2) is 0 Å². The van der Waals surface area contributed by atoms with Crippen molar-refractivity contribution in [3.63, 3.8) is 0 Å². The Morgan fingerprint density at radius 2 is 2.20 bits per heavy atom. The van der Waals surface area contributed by atoms with Gasteiger partial charge in [-0.1, -0.05) is 27.5 Å². The predicted octanol–water partition coefficient (Wildman–Crippen LogP) is 2.88. The molecule has 1 aromatic carbocycles. The van der Waals surface area contributed by atoms with Gasteiger partial charge in [-0.2, -0.15) is 0 Å². The fourth-order valence-corrected chi connectivity index (χ4v) is 1.84. The van der Waals surface area contributed by atoms with Gasteiger partial charge in [0.05, 0.1) is 0 Å². The lowest BCUT2D eigenvalue weighted by Crippen LogP contribution is -2.34. The molecule has 2 N–H and O–H groups in total. The van der Waals surface area contributed by atoms with Gasteiger partial charge in [-0.15, -0.1) is 0 Å². The van der Waals surface area contributed by atoms with E-state index < -0.39 is 0 Å². The van der Waals surface area contributed by atoms with E-state index in [1.165, 1.54) is 5.56 Å². The molecule has 0 bridgehead atoms. The Morgan fingerprint density at radius 3 is 2.80 bits per heavy atom. The first kappa shape index (κ1) is 13.0. The fraction of sp³-hybridized carbons (Fsp3) is 0.455. The van der Waals surface area contributed by atoms with Crippen molar-refractivity contribution in [2.24, 2.45) is 5.73 Å². The second-order valence-electron chi connectivity index (χ2n) is 3.74. The van der Waals surface area contributed by atoms with Crippen molar-refractivity contribution in [2.75, 3.05) is 13.6 Å². The summed E-state index contributed by atoms with van der Waals surface area (Å²) in [6.07, 6.45) is 0. The third kappa shape index (κ3) is 3.76. The Kier molecular flexibility index (Phi) is 5.06. The molecule has 4 heteroatoms. The predicted molar refractivity (Wildman–Crippen MR) is 69.1 cm³/mol. The van der Waals surface area contributed by atoms with E-state index in [4.69, 9.17) is 17.3 Å². The molecule has 0 aliphatic heterocycles. The van der Waals surface area contributed by atoms with E-state index in [9.17, 15) is 0 Å². The molecule has 0 saturated carbocycles. The smallest absolute Gasteiger partial charge is 0.0410 e. The molecule has 84 valence electrons. The highest BCUT2D eigenvalue weighted by Crippen LogP contribution is 2.22. The van der Waals surface area contributed by atoms with Crippen LogP contribution in [0.5, 0.6) is 0 Å². The first-order valence-corrected chi connectivity index (χ1v) is 6.06. The zero-order chi connectivity index (χ0) is 11.4. The normalized spacial score (nSPS) is 13.2. The summed E-state index contributed by atoms with van der Waals surface area (Å²) in [4.78, 5) is 2.20. The number of benzene rings is 1. The minimum Gasteiger partial charge on any atom is -0.329 e. The lowest BCUT2D eigenvalue weighted by molar-refractivity contribution is 0.254. The molecular weight excluding hydrogens is 275 g/mol. The van der Waals surface area contributed by atoms with Crippen LogP contribution in [-0.4, -0.2) is 24.5 Å². The van der Waals surface area contributed by atoms with Crippen LogP contribution < -0.4 is 5.73 Å². The summed E-state index contributed by atoms with van der Waals surface area (Å²) in [6.45, 7) is 3.62. The van der Waals surface area contributed by atoms with Crippen molar-refractivity contribution in [2.45, 2.75) is 19.5 Å². The Morgan fingerprint density at radius 1 is 1.53 bits per heavy atom. The van der Waals surface area contributed by atoms with Gasteiger partial charge in [0.2, 0.25) is 0 Å². The topological polar surface area (TPSA) is 29.3 Å². The standard InChI is InChI=1S/C11H16BrClN2/c1-8(6-14)15(2)7-9-5-10(13)3-4-11(9)12/h3-5,8H,6-7,14H2,1-2H3. The maximum Gasteiger partial charge on any atom is 0.0410 e. The molecular formula is C11H16BrClN2. The Labute approximate surface area is 105 Å². The van der Waals surface area contributed by atoms with Gasteiger partial charge in [-0.05, 0) is 37.7 Å². The fourth-order valence-electron chi connectivity index (χ4n) is 1.27. The van der Waals surface area contributed by atoms with Crippen LogP contribution in [0.25, 0.3) is 0 Å². The Balaban J connectivity index is 2.75.